The molecule has 3 N–H and O–H groups in total. The van der Waals surface area contributed by atoms with E-state index in [-0.39, 0.29) is 23.9 Å². The molecular weight excluding hydrogens is 204 g/mol. The molecule has 4 heteroatoms. The molecule has 0 unspecified atom stereocenters. The zero-order valence-corrected chi connectivity index (χ0v) is 9.32. The quantitative estimate of drug-likeness (QED) is 0.600. The lowest BCUT2D eigenvalue weighted by atomic mass is 9.70. The zero-order valence-electron chi connectivity index (χ0n) is 9.32. The molecule has 4 nitrogen and oxygen atoms in total. The number of hydrogen-bond acceptors (Lipinski definition) is 3. The Morgan fingerprint density at radius 3 is 2.88 bits per heavy atom. The molecule has 1 spiro atoms. The van der Waals surface area contributed by atoms with E-state index in [2.05, 4.69) is 5.32 Å². The van der Waals surface area contributed by atoms with Gasteiger partial charge in [-0.05, 0) is 36.5 Å². The van der Waals surface area contributed by atoms with Crippen LogP contribution in [-0.4, -0.2) is 31.2 Å². The molecule has 2 heterocycles. The van der Waals surface area contributed by atoms with E-state index in [4.69, 9.17) is 10.5 Å². The first kappa shape index (κ1) is 9.42. The van der Waals surface area contributed by atoms with Gasteiger partial charge in [0.05, 0.1) is 0 Å². The largest absolute Gasteiger partial charge is 0.381 e. The first-order chi connectivity index (χ1) is 7.74. The molecular formula is C12H18N2O2. The first-order valence-electron chi connectivity index (χ1n) is 6.38. The van der Waals surface area contributed by atoms with Gasteiger partial charge in [-0.15, -0.1) is 0 Å². The molecule has 88 valence electrons. The van der Waals surface area contributed by atoms with Gasteiger partial charge in [-0.3, -0.25) is 4.79 Å². The molecule has 2 bridgehead atoms. The summed E-state index contributed by atoms with van der Waals surface area (Å²) in [6.07, 6.45) is 3.24. The van der Waals surface area contributed by atoms with Crippen LogP contribution in [0.2, 0.25) is 0 Å². The third kappa shape index (κ3) is 0.843. The minimum Gasteiger partial charge on any atom is -0.381 e. The van der Waals surface area contributed by atoms with Crippen molar-refractivity contribution in [2.45, 2.75) is 31.3 Å². The van der Waals surface area contributed by atoms with Crippen molar-refractivity contribution < 1.29 is 9.53 Å². The average Bonchev–Trinajstić information content (AvgIpc) is 2.81. The fourth-order valence-electron chi connectivity index (χ4n) is 5.12. The van der Waals surface area contributed by atoms with Crippen molar-refractivity contribution in [3.63, 3.8) is 0 Å². The average molecular weight is 222 g/mol. The summed E-state index contributed by atoms with van der Waals surface area (Å²) in [6.45, 7) is 1.71. The Balaban J connectivity index is 1.79. The predicted molar refractivity (Wildman–Crippen MR) is 57.5 cm³/mol. The highest BCUT2D eigenvalue weighted by Gasteiger charge is 2.70. The summed E-state index contributed by atoms with van der Waals surface area (Å²) in [6, 6.07) is 0.445. The molecule has 2 aliphatic carbocycles. The van der Waals surface area contributed by atoms with Gasteiger partial charge in [0.1, 0.15) is 0 Å². The molecule has 2 saturated carbocycles. The molecule has 0 aromatic carbocycles. The highest BCUT2D eigenvalue weighted by atomic mass is 16.5. The number of nitrogens with two attached hydrogens (primary N) is 1. The van der Waals surface area contributed by atoms with Gasteiger partial charge in [0.25, 0.3) is 0 Å². The molecule has 1 amide bonds. The minimum atomic E-state index is 0.186. The second kappa shape index (κ2) is 2.79. The van der Waals surface area contributed by atoms with Crippen molar-refractivity contribution in [2.24, 2.45) is 28.9 Å². The second-order valence-corrected chi connectivity index (χ2v) is 5.93. The monoisotopic (exact) mass is 222 g/mol. The van der Waals surface area contributed by atoms with Gasteiger partial charge < -0.3 is 15.8 Å². The van der Waals surface area contributed by atoms with Crippen LogP contribution in [0.1, 0.15) is 19.3 Å². The molecule has 4 fully saturated rings. The topological polar surface area (TPSA) is 64.3 Å². The highest BCUT2D eigenvalue weighted by molar-refractivity contribution is 5.83. The zero-order chi connectivity index (χ0) is 10.9. The number of ether oxygens (including phenoxy) is 1. The Hall–Kier alpha value is -0.610. The maximum absolute atomic E-state index is 11.9. The number of hydrogen-bond donors (Lipinski definition) is 2. The molecule has 2 saturated heterocycles. The van der Waals surface area contributed by atoms with Crippen LogP contribution in [0.4, 0.5) is 0 Å². The van der Waals surface area contributed by atoms with Gasteiger partial charge in [0.15, 0.2) is 0 Å². The minimum absolute atomic E-state index is 0.186. The number of rotatable bonds is 0. The van der Waals surface area contributed by atoms with Crippen molar-refractivity contribution in [3.8, 4) is 0 Å². The molecule has 16 heavy (non-hydrogen) atoms. The number of amides is 1. The molecule has 2 aliphatic heterocycles. The van der Waals surface area contributed by atoms with Crippen LogP contribution >= 0.6 is 0 Å². The third-order valence-corrected chi connectivity index (χ3v) is 5.68. The summed E-state index contributed by atoms with van der Waals surface area (Å²) in [4.78, 5) is 11.9. The lowest BCUT2D eigenvalue weighted by Gasteiger charge is -2.38. The Bertz CT molecular complexity index is 351. The van der Waals surface area contributed by atoms with Crippen molar-refractivity contribution in [2.75, 3.05) is 13.2 Å². The third-order valence-electron chi connectivity index (χ3n) is 5.68. The van der Waals surface area contributed by atoms with Gasteiger partial charge in [-0.1, -0.05) is 0 Å². The molecule has 5 atom stereocenters. The molecule has 0 aromatic heterocycles. The summed E-state index contributed by atoms with van der Waals surface area (Å²) in [5.74, 6) is 1.57. The van der Waals surface area contributed by atoms with Crippen LogP contribution in [0.15, 0.2) is 0 Å². The van der Waals surface area contributed by atoms with Crippen LogP contribution in [0.25, 0.3) is 0 Å². The van der Waals surface area contributed by atoms with Crippen LogP contribution in [0, 0.1) is 23.2 Å². The van der Waals surface area contributed by atoms with E-state index in [1.165, 1.54) is 0 Å². The van der Waals surface area contributed by atoms with Gasteiger partial charge in [0.2, 0.25) is 5.91 Å². The van der Waals surface area contributed by atoms with Crippen molar-refractivity contribution in [3.05, 3.63) is 0 Å². The normalized spacial score (nSPS) is 52.3. The van der Waals surface area contributed by atoms with Gasteiger partial charge in [-0.25, -0.2) is 0 Å². The van der Waals surface area contributed by atoms with E-state index < -0.39 is 0 Å². The summed E-state index contributed by atoms with van der Waals surface area (Å²) in [7, 11) is 0. The Labute approximate surface area is 94.9 Å². The van der Waals surface area contributed by atoms with E-state index in [0.717, 1.165) is 32.5 Å². The van der Waals surface area contributed by atoms with E-state index in [9.17, 15) is 4.79 Å². The van der Waals surface area contributed by atoms with E-state index in [1.54, 1.807) is 0 Å². The van der Waals surface area contributed by atoms with Crippen LogP contribution in [0.5, 0.6) is 0 Å². The van der Waals surface area contributed by atoms with Crippen LogP contribution < -0.4 is 11.1 Å². The standard InChI is InChI=1S/C12H18N2O2/c13-9-7-5-6-8(10(9)14-11(6)15)12(7)1-3-16-4-2-12/h6-10H,1-5,13H2,(H,14,15)/t6-,7+,8+,9-,10-/m0/s1. The fraction of sp³-hybridized carbons (Fsp3) is 0.917. The Kier molecular flexibility index (Phi) is 1.65. The Morgan fingerprint density at radius 1 is 1.38 bits per heavy atom. The van der Waals surface area contributed by atoms with Crippen LogP contribution in [-0.2, 0) is 9.53 Å². The smallest absolute Gasteiger partial charge is 0.223 e. The van der Waals surface area contributed by atoms with Crippen molar-refractivity contribution >= 4 is 5.91 Å². The SMILES string of the molecule is N[C@@H]1[C@H]2NC(=O)[C@H]3C[C@H]1C1(CCOCC1)[C@@H]23. The highest BCUT2D eigenvalue weighted by Crippen LogP contribution is 2.66. The van der Waals surface area contributed by atoms with Crippen molar-refractivity contribution in [1.29, 1.82) is 0 Å². The van der Waals surface area contributed by atoms with Gasteiger partial charge in [0, 0.05) is 31.2 Å². The van der Waals surface area contributed by atoms with E-state index in [0.29, 0.717) is 17.3 Å². The summed E-state index contributed by atoms with van der Waals surface area (Å²) in [5, 5.41) is 3.12. The summed E-state index contributed by atoms with van der Waals surface area (Å²) >= 11 is 0. The second-order valence-electron chi connectivity index (χ2n) is 5.93. The van der Waals surface area contributed by atoms with Crippen molar-refractivity contribution in [1.82, 2.24) is 5.32 Å². The van der Waals surface area contributed by atoms with Gasteiger partial charge >= 0.3 is 0 Å². The number of nitrogens with one attached hydrogen (secondary N) is 1. The molecule has 4 rings (SSSR count). The number of carbonyl (C=O) groups excluding carboxylic acids is 1. The lowest BCUT2D eigenvalue weighted by Crippen LogP contribution is -2.44. The fourth-order valence-corrected chi connectivity index (χ4v) is 5.12. The Morgan fingerprint density at radius 2 is 2.12 bits per heavy atom. The molecule has 0 radical (unpaired) electrons. The summed E-state index contributed by atoms with van der Waals surface area (Å²) in [5.41, 5.74) is 6.64. The molecule has 4 aliphatic rings. The maximum Gasteiger partial charge on any atom is 0.223 e. The first-order valence-corrected chi connectivity index (χ1v) is 6.38. The predicted octanol–water partition coefficient (Wildman–Crippen LogP) is -0.125. The maximum atomic E-state index is 11.9. The number of carbonyl (C=O) groups is 1. The van der Waals surface area contributed by atoms with Crippen LogP contribution in [0.3, 0.4) is 0 Å². The summed E-state index contributed by atoms with van der Waals surface area (Å²) < 4.78 is 5.49. The van der Waals surface area contributed by atoms with Gasteiger partial charge in [-0.2, -0.15) is 0 Å². The molecule has 0 aromatic rings. The van der Waals surface area contributed by atoms with E-state index in [1.807, 2.05) is 0 Å². The lowest BCUT2D eigenvalue weighted by molar-refractivity contribution is -0.122. The van der Waals surface area contributed by atoms with E-state index >= 15 is 0 Å².